The maximum Gasteiger partial charge on any atom is 0.329 e. The van der Waals surface area contributed by atoms with E-state index in [-0.39, 0.29) is 0 Å². The van der Waals surface area contributed by atoms with E-state index in [0.717, 1.165) is 3.57 Å². The molecule has 1 aromatic rings. The summed E-state index contributed by atoms with van der Waals surface area (Å²) in [7, 11) is 0. The minimum absolute atomic E-state index is 0.643. The minimum Gasteiger partial charge on any atom is -0.422 e. The Bertz CT molecular complexity index is 516. The lowest BCUT2D eigenvalue weighted by Crippen LogP contribution is -2.46. The molecule has 0 atom stereocenters. The molecule has 0 saturated carbocycles. The summed E-state index contributed by atoms with van der Waals surface area (Å²) in [6.07, 6.45) is 1.25. The Morgan fingerprint density at radius 3 is 2.21 bits per heavy atom. The lowest BCUT2D eigenvalue weighted by molar-refractivity contribution is -0.235. The molecule has 1 aromatic carbocycles. The molecule has 0 radical (unpaired) electrons. The number of esters is 2. The van der Waals surface area contributed by atoms with Gasteiger partial charge in [-0.25, -0.2) is 0 Å². The first-order chi connectivity index (χ1) is 8.87. The molecule has 0 N–H and O–H groups in total. The smallest absolute Gasteiger partial charge is 0.329 e. The van der Waals surface area contributed by atoms with Gasteiger partial charge in [-0.2, -0.15) is 0 Å². The molecule has 1 fully saturated rings. The predicted octanol–water partition coefficient (Wildman–Crippen LogP) is 2.45. The predicted molar refractivity (Wildman–Crippen MR) is 77.1 cm³/mol. The summed E-state index contributed by atoms with van der Waals surface area (Å²) in [6, 6.07) is 7.35. The molecule has 0 aromatic heterocycles. The van der Waals surface area contributed by atoms with E-state index in [1.54, 1.807) is 12.1 Å². The van der Waals surface area contributed by atoms with E-state index in [1.165, 1.54) is 20.1 Å². The van der Waals surface area contributed by atoms with Crippen molar-refractivity contribution in [1.29, 1.82) is 0 Å². The summed E-state index contributed by atoms with van der Waals surface area (Å²) < 4.78 is 11.1. The van der Waals surface area contributed by atoms with Crippen molar-refractivity contribution in [1.82, 2.24) is 0 Å². The number of carbonyl (C=O) groups excluding carboxylic acids is 2. The normalized spacial score (nSPS) is 19.3. The summed E-state index contributed by atoms with van der Waals surface area (Å²) in [5.74, 6) is -3.60. The molecule has 5 nitrogen and oxygen atoms in total. The van der Waals surface area contributed by atoms with Crippen LogP contribution in [0.5, 0.6) is 0 Å². The number of nitrogens with zero attached hydrogens (tertiary/aromatic N) is 1. The molecule has 0 amide bonds. The molecule has 6 heteroatoms. The zero-order valence-electron chi connectivity index (χ0n) is 10.4. The third-order valence-electron chi connectivity index (χ3n) is 2.40. The van der Waals surface area contributed by atoms with E-state index in [0.29, 0.717) is 5.69 Å². The van der Waals surface area contributed by atoms with Gasteiger partial charge < -0.3 is 9.47 Å². The second kappa shape index (κ2) is 5.28. The lowest BCUT2D eigenvalue weighted by Gasteiger charge is -2.31. The standard InChI is InChI=1S/C13H12INO4/c1-13(2)18-11(16)10(12(17)19-13)7-15-9-5-3-8(14)4-6-9/h3-7,10H,1-2H3. The molecule has 1 heterocycles. The van der Waals surface area contributed by atoms with Crippen molar-refractivity contribution in [2.45, 2.75) is 19.6 Å². The van der Waals surface area contributed by atoms with E-state index in [4.69, 9.17) is 9.47 Å². The second-order valence-corrected chi connectivity index (χ2v) is 5.72. The van der Waals surface area contributed by atoms with Crippen LogP contribution in [0.2, 0.25) is 0 Å². The quantitative estimate of drug-likeness (QED) is 0.346. The van der Waals surface area contributed by atoms with E-state index in [1.807, 2.05) is 12.1 Å². The molecule has 0 aliphatic carbocycles. The summed E-state index contributed by atoms with van der Waals surface area (Å²) in [5.41, 5.74) is 0.658. The van der Waals surface area contributed by atoms with Gasteiger partial charge in [0.05, 0.1) is 5.69 Å². The van der Waals surface area contributed by atoms with E-state index < -0.39 is 23.6 Å². The summed E-state index contributed by atoms with van der Waals surface area (Å²) in [4.78, 5) is 27.4. The van der Waals surface area contributed by atoms with Crippen LogP contribution in [-0.2, 0) is 19.1 Å². The monoisotopic (exact) mass is 373 g/mol. The Morgan fingerprint density at radius 1 is 1.16 bits per heavy atom. The zero-order valence-corrected chi connectivity index (χ0v) is 12.6. The number of hydrogen-bond acceptors (Lipinski definition) is 5. The summed E-state index contributed by atoms with van der Waals surface area (Å²) >= 11 is 2.18. The van der Waals surface area contributed by atoms with Crippen LogP contribution in [0.1, 0.15) is 13.8 Å². The number of halogens is 1. The van der Waals surface area contributed by atoms with Gasteiger partial charge in [-0.05, 0) is 46.9 Å². The highest BCUT2D eigenvalue weighted by molar-refractivity contribution is 14.1. The van der Waals surface area contributed by atoms with Gasteiger partial charge in [0.1, 0.15) is 0 Å². The van der Waals surface area contributed by atoms with Crippen LogP contribution in [0, 0.1) is 9.49 Å². The van der Waals surface area contributed by atoms with Crippen LogP contribution in [0.4, 0.5) is 5.69 Å². The largest absolute Gasteiger partial charge is 0.422 e. The van der Waals surface area contributed by atoms with Crippen molar-refractivity contribution in [3.8, 4) is 0 Å². The number of carbonyl (C=O) groups is 2. The maximum atomic E-state index is 11.7. The Balaban J connectivity index is 2.12. The highest BCUT2D eigenvalue weighted by atomic mass is 127. The fraction of sp³-hybridized carbons (Fsp3) is 0.308. The van der Waals surface area contributed by atoms with Crippen LogP contribution >= 0.6 is 22.6 Å². The van der Waals surface area contributed by atoms with Crippen LogP contribution in [0.3, 0.4) is 0 Å². The van der Waals surface area contributed by atoms with Crippen molar-refractivity contribution < 1.29 is 19.1 Å². The number of ether oxygens (including phenoxy) is 2. The first-order valence-electron chi connectivity index (χ1n) is 5.63. The highest BCUT2D eigenvalue weighted by Gasteiger charge is 2.42. The molecule has 1 saturated heterocycles. The molecule has 1 aliphatic heterocycles. The fourth-order valence-electron chi connectivity index (χ4n) is 1.54. The number of aliphatic imine (C=N–C) groups is 1. The van der Waals surface area contributed by atoms with Gasteiger partial charge >= 0.3 is 11.9 Å². The number of hydrogen-bond donors (Lipinski definition) is 0. The highest BCUT2D eigenvalue weighted by Crippen LogP contribution is 2.23. The number of rotatable bonds is 2. The van der Waals surface area contributed by atoms with Gasteiger partial charge in [0.25, 0.3) is 5.79 Å². The molecule has 100 valence electrons. The zero-order chi connectivity index (χ0) is 14.0. The number of benzene rings is 1. The van der Waals surface area contributed by atoms with Crippen molar-refractivity contribution in [2.75, 3.05) is 0 Å². The van der Waals surface area contributed by atoms with E-state index >= 15 is 0 Å². The molecule has 0 spiro atoms. The minimum atomic E-state index is -1.21. The Morgan fingerprint density at radius 2 is 1.68 bits per heavy atom. The van der Waals surface area contributed by atoms with Crippen LogP contribution in [-0.4, -0.2) is 23.9 Å². The van der Waals surface area contributed by atoms with Gasteiger partial charge in [-0.3, -0.25) is 14.6 Å². The molecule has 0 unspecified atom stereocenters. The van der Waals surface area contributed by atoms with Crippen molar-refractivity contribution in [3.05, 3.63) is 27.8 Å². The van der Waals surface area contributed by atoms with Crippen molar-refractivity contribution >= 4 is 46.4 Å². The van der Waals surface area contributed by atoms with Gasteiger partial charge in [-0.15, -0.1) is 0 Å². The van der Waals surface area contributed by atoms with Crippen LogP contribution < -0.4 is 0 Å². The molecule has 19 heavy (non-hydrogen) atoms. The second-order valence-electron chi connectivity index (χ2n) is 4.47. The van der Waals surface area contributed by atoms with Crippen LogP contribution in [0.15, 0.2) is 29.3 Å². The van der Waals surface area contributed by atoms with Gasteiger partial charge in [0.15, 0.2) is 5.92 Å². The molecule has 1 aliphatic rings. The van der Waals surface area contributed by atoms with Crippen molar-refractivity contribution in [3.63, 3.8) is 0 Å². The number of cyclic esters (lactones) is 2. The van der Waals surface area contributed by atoms with E-state index in [9.17, 15) is 9.59 Å². The third-order valence-corrected chi connectivity index (χ3v) is 3.12. The maximum absolute atomic E-state index is 11.7. The molecular weight excluding hydrogens is 361 g/mol. The SMILES string of the molecule is CC1(C)OC(=O)C(C=Nc2ccc(I)cc2)C(=O)O1. The molecule has 2 rings (SSSR count). The topological polar surface area (TPSA) is 65.0 Å². The Kier molecular flexibility index (Phi) is 3.88. The van der Waals surface area contributed by atoms with Gasteiger partial charge in [-0.1, -0.05) is 0 Å². The fourth-order valence-corrected chi connectivity index (χ4v) is 1.90. The summed E-state index contributed by atoms with van der Waals surface area (Å²) in [5, 5.41) is 0. The first-order valence-corrected chi connectivity index (χ1v) is 6.71. The van der Waals surface area contributed by atoms with Crippen LogP contribution in [0.25, 0.3) is 0 Å². The van der Waals surface area contributed by atoms with E-state index in [2.05, 4.69) is 27.6 Å². The molecular formula is C13H12INO4. The third kappa shape index (κ3) is 3.52. The Hall–Kier alpha value is -1.44. The van der Waals surface area contributed by atoms with Gasteiger partial charge in [0.2, 0.25) is 0 Å². The average Bonchev–Trinajstić information content (AvgIpc) is 2.29. The van der Waals surface area contributed by atoms with Gasteiger partial charge in [0, 0.05) is 23.6 Å². The summed E-state index contributed by atoms with van der Waals surface area (Å²) in [6.45, 7) is 3.02. The average molecular weight is 373 g/mol. The first kappa shape index (κ1) is 14.0. The Labute approximate surface area is 124 Å². The molecule has 0 bridgehead atoms. The van der Waals surface area contributed by atoms with Crippen molar-refractivity contribution in [2.24, 2.45) is 10.9 Å². The lowest BCUT2D eigenvalue weighted by atomic mass is 10.1.